The van der Waals surface area contributed by atoms with Crippen LogP contribution in [0.2, 0.25) is 5.02 Å². The summed E-state index contributed by atoms with van der Waals surface area (Å²) in [6.07, 6.45) is 0.954. The third-order valence-corrected chi connectivity index (χ3v) is 5.43. The largest absolute Gasteiger partial charge is 0.456 e. The van der Waals surface area contributed by atoms with E-state index in [1.165, 1.54) is 11.3 Å². The smallest absolute Gasteiger partial charge is 0.342 e. The van der Waals surface area contributed by atoms with Gasteiger partial charge in [-0.15, -0.1) is 11.3 Å². The summed E-state index contributed by atoms with van der Waals surface area (Å²) in [5.74, 6) is -0.611. The number of ether oxygens (including phenoxy) is 1. The molecule has 0 aliphatic rings. The summed E-state index contributed by atoms with van der Waals surface area (Å²) in [7, 11) is 0. The second-order valence-electron chi connectivity index (χ2n) is 7.90. The Labute approximate surface area is 199 Å². The molecule has 1 N–H and O–H groups in total. The van der Waals surface area contributed by atoms with Gasteiger partial charge in [0, 0.05) is 22.4 Å². The Hall–Kier alpha value is -2.63. The van der Waals surface area contributed by atoms with Gasteiger partial charge >= 0.3 is 5.97 Å². The van der Waals surface area contributed by atoms with Crippen molar-refractivity contribution in [1.82, 2.24) is 0 Å². The van der Waals surface area contributed by atoms with E-state index < -0.39 is 11.6 Å². The predicted molar refractivity (Wildman–Crippen MR) is 135 cm³/mol. The summed E-state index contributed by atoms with van der Waals surface area (Å²) in [4.78, 5) is 25.5. The number of carbonyl (C=O) groups excluding carboxylic acids is 2. The second-order valence-corrected chi connectivity index (χ2v) is 9.21. The van der Waals surface area contributed by atoms with E-state index in [2.05, 4.69) is 5.32 Å². The molecule has 0 spiro atoms. The van der Waals surface area contributed by atoms with Gasteiger partial charge in [0.1, 0.15) is 16.2 Å². The molecule has 1 amide bonds. The molecule has 0 aliphatic carbocycles. The number of anilines is 1. The Bertz CT molecular complexity index is 1020. The van der Waals surface area contributed by atoms with Crippen LogP contribution in [0.25, 0.3) is 11.1 Å². The van der Waals surface area contributed by atoms with E-state index in [1.54, 1.807) is 12.1 Å². The van der Waals surface area contributed by atoms with E-state index in [4.69, 9.17) is 16.3 Å². The molecule has 1 heterocycles. The van der Waals surface area contributed by atoms with Crippen molar-refractivity contribution < 1.29 is 14.3 Å². The van der Waals surface area contributed by atoms with E-state index in [0.717, 1.165) is 11.1 Å². The Morgan fingerprint density at radius 1 is 1.00 bits per heavy atom. The molecule has 0 atom stereocenters. The first-order valence-corrected chi connectivity index (χ1v) is 11.9. The molecule has 6 heteroatoms. The van der Waals surface area contributed by atoms with Crippen molar-refractivity contribution in [1.29, 1.82) is 0 Å². The zero-order valence-corrected chi connectivity index (χ0v) is 20.8. The topological polar surface area (TPSA) is 55.4 Å². The van der Waals surface area contributed by atoms with Gasteiger partial charge in [0.25, 0.3) is 0 Å². The number of rotatable bonds is 6. The van der Waals surface area contributed by atoms with Crippen LogP contribution in [0.1, 0.15) is 57.0 Å². The molecular formula is C26H30ClNO3S. The number of nitrogens with one attached hydrogen (secondary N) is 1. The molecule has 3 aromatic rings. The molecule has 4 nitrogen and oxygen atoms in total. The summed E-state index contributed by atoms with van der Waals surface area (Å²) in [5.41, 5.74) is 2.36. The van der Waals surface area contributed by atoms with Crippen LogP contribution in [0, 0.1) is 0 Å². The summed E-state index contributed by atoms with van der Waals surface area (Å²) in [6, 6.07) is 17.1. The summed E-state index contributed by atoms with van der Waals surface area (Å²) in [6.45, 7) is 9.45. The van der Waals surface area contributed by atoms with E-state index >= 15 is 0 Å². The molecule has 0 radical (unpaired) electrons. The Morgan fingerprint density at radius 2 is 1.62 bits per heavy atom. The fourth-order valence-electron chi connectivity index (χ4n) is 2.92. The first-order chi connectivity index (χ1) is 15.2. The molecule has 32 heavy (non-hydrogen) atoms. The van der Waals surface area contributed by atoms with Crippen LogP contribution in [0.15, 0.2) is 60.0 Å². The number of carbonyl (C=O) groups is 2. The van der Waals surface area contributed by atoms with Crippen molar-refractivity contribution in [2.45, 2.75) is 53.1 Å². The van der Waals surface area contributed by atoms with Crippen LogP contribution in [0.4, 0.5) is 5.00 Å². The fourth-order valence-corrected chi connectivity index (χ4v) is 4.01. The van der Waals surface area contributed by atoms with Crippen LogP contribution < -0.4 is 5.32 Å². The molecule has 0 saturated carbocycles. The molecule has 1 aromatic heterocycles. The lowest BCUT2D eigenvalue weighted by atomic mass is 10.0. The van der Waals surface area contributed by atoms with Crippen LogP contribution in [0.5, 0.6) is 0 Å². The van der Waals surface area contributed by atoms with Gasteiger partial charge in [0.05, 0.1) is 0 Å². The quantitative estimate of drug-likeness (QED) is 0.376. The number of halogens is 1. The molecule has 3 rings (SSSR count). The normalized spacial score (nSPS) is 10.7. The van der Waals surface area contributed by atoms with Gasteiger partial charge in [-0.2, -0.15) is 0 Å². The van der Waals surface area contributed by atoms with Crippen LogP contribution >= 0.6 is 22.9 Å². The van der Waals surface area contributed by atoms with Crippen molar-refractivity contribution in [2.24, 2.45) is 0 Å². The lowest BCUT2D eigenvalue weighted by Crippen LogP contribution is -2.25. The molecule has 0 bridgehead atoms. The summed E-state index contributed by atoms with van der Waals surface area (Å²) >= 11 is 7.32. The number of amides is 1. The summed E-state index contributed by atoms with van der Waals surface area (Å²) in [5, 5.41) is 5.86. The fraction of sp³-hybridized carbons (Fsp3) is 0.308. The minimum Gasteiger partial charge on any atom is -0.456 e. The average molecular weight is 472 g/mol. The van der Waals surface area contributed by atoms with E-state index in [0.29, 0.717) is 34.0 Å². The van der Waals surface area contributed by atoms with Crippen LogP contribution in [-0.4, -0.2) is 17.5 Å². The molecule has 0 unspecified atom stereocenters. The number of benzene rings is 2. The molecule has 0 fully saturated rings. The van der Waals surface area contributed by atoms with Crippen molar-refractivity contribution >= 4 is 39.8 Å². The highest BCUT2D eigenvalue weighted by Gasteiger charge is 2.26. The zero-order chi connectivity index (χ0) is 23.7. The minimum absolute atomic E-state index is 0.145. The van der Waals surface area contributed by atoms with Gasteiger partial charge in [-0.1, -0.05) is 67.9 Å². The van der Waals surface area contributed by atoms with Crippen molar-refractivity contribution in [2.75, 3.05) is 5.32 Å². The molecular weight excluding hydrogens is 442 g/mol. The third kappa shape index (κ3) is 7.50. The molecule has 170 valence electrons. The molecule has 2 aromatic carbocycles. The first kappa shape index (κ1) is 25.6. The highest BCUT2D eigenvalue weighted by molar-refractivity contribution is 7.15. The van der Waals surface area contributed by atoms with Gasteiger partial charge in [-0.25, -0.2) is 4.79 Å². The predicted octanol–water partition coefficient (Wildman–Crippen LogP) is 7.62. The highest BCUT2D eigenvalue weighted by Crippen LogP contribution is 2.37. The molecule has 0 aliphatic heterocycles. The zero-order valence-electron chi connectivity index (χ0n) is 19.2. The number of hydrogen-bond donors (Lipinski definition) is 1. The number of aryl methyl sites for hydroxylation is 1. The van der Waals surface area contributed by atoms with Crippen molar-refractivity contribution in [3.63, 3.8) is 0 Å². The van der Waals surface area contributed by atoms with Gasteiger partial charge in [0.15, 0.2) is 0 Å². The summed E-state index contributed by atoms with van der Waals surface area (Å²) < 4.78 is 5.61. The van der Waals surface area contributed by atoms with E-state index in [9.17, 15) is 9.59 Å². The maximum Gasteiger partial charge on any atom is 0.342 e. The van der Waals surface area contributed by atoms with Crippen molar-refractivity contribution in [3.8, 4) is 11.1 Å². The van der Waals surface area contributed by atoms with E-state index in [1.807, 2.05) is 82.5 Å². The van der Waals surface area contributed by atoms with Crippen LogP contribution in [0.3, 0.4) is 0 Å². The minimum atomic E-state index is -0.648. The monoisotopic (exact) mass is 471 g/mol. The number of esters is 1. The Morgan fingerprint density at radius 3 is 2.22 bits per heavy atom. The highest BCUT2D eigenvalue weighted by atomic mass is 35.5. The maximum absolute atomic E-state index is 13.0. The van der Waals surface area contributed by atoms with Crippen LogP contribution in [-0.2, 0) is 16.0 Å². The van der Waals surface area contributed by atoms with Gasteiger partial charge in [-0.3, -0.25) is 4.79 Å². The lowest BCUT2D eigenvalue weighted by Gasteiger charge is -2.20. The SMILES string of the molecule is CC.CC(C)(C)OC(=O)c1c(-c2ccc(Cl)cc2)csc1NC(=O)CCc1ccccc1. The molecule has 0 saturated heterocycles. The van der Waals surface area contributed by atoms with Crippen molar-refractivity contribution in [3.05, 3.63) is 76.1 Å². The number of thiophene rings is 1. The Balaban J connectivity index is 0.00000176. The Kier molecular flexibility index (Phi) is 9.48. The second kappa shape index (κ2) is 11.8. The average Bonchev–Trinajstić information content (AvgIpc) is 3.17. The number of hydrogen-bond acceptors (Lipinski definition) is 4. The lowest BCUT2D eigenvalue weighted by molar-refractivity contribution is -0.116. The third-order valence-electron chi connectivity index (χ3n) is 4.29. The maximum atomic E-state index is 13.0. The van der Waals surface area contributed by atoms with Gasteiger partial charge < -0.3 is 10.1 Å². The standard InChI is InChI=1S/C24H24ClNO3S.C2H6/c1-24(2,3)29-23(28)21-19(17-10-12-18(25)13-11-17)15-30-22(21)26-20(27)14-9-16-7-5-4-6-8-16;1-2/h4-8,10-13,15H,9,14H2,1-3H3,(H,26,27);1-2H3. The first-order valence-electron chi connectivity index (χ1n) is 10.7. The van der Waals surface area contributed by atoms with E-state index in [-0.39, 0.29) is 5.91 Å². The van der Waals surface area contributed by atoms with Gasteiger partial charge in [0.2, 0.25) is 5.91 Å². The van der Waals surface area contributed by atoms with Gasteiger partial charge in [-0.05, 0) is 50.5 Å².